The number of carbonyl (C=O) groups excluding carboxylic acids is 2. The Morgan fingerprint density at radius 1 is 1.18 bits per heavy atom. The zero-order valence-corrected chi connectivity index (χ0v) is 18.7. The average Bonchev–Trinajstić information content (AvgIpc) is 3.15. The fraction of sp³-hybridized carbons (Fsp3) is 0.450. The summed E-state index contributed by atoms with van der Waals surface area (Å²) >= 11 is 4.85. The Morgan fingerprint density at radius 2 is 1.93 bits per heavy atom. The lowest BCUT2D eigenvalue weighted by Gasteiger charge is -2.22. The van der Waals surface area contributed by atoms with Crippen molar-refractivity contribution in [1.29, 1.82) is 0 Å². The van der Waals surface area contributed by atoms with E-state index in [2.05, 4.69) is 45.4 Å². The quantitative estimate of drug-likeness (QED) is 0.468. The van der Waals surface area contributed by atoms with Crippen molar-refractivity contribution in [2.75, 3.05) is 18.4 Å². The molecule has 3 amide bonds. The second kappa shape index (κ2) is 11.8. The molecule has 0 fully saturated rings. The van der Waals surface area contributed by atoms with Crippen molar-refractivity contribution in [3.8, 4) is 0 Å². The van der Waals surface area contributed by atoms with Crippen molar-refractivity contribution in [1.82, 2.24) is 15.2 Å². The summed E-state index contributed by atoms with van der Waals surface area (Å²) < 4.78 is 0.832. The molecule has 0 spiro atoms. The van der Waals surface area contributed by atoms with Gasteiger partial charge >= 0.3 is 6.03 Å². The van der Waals surface area contributed by atoms with Crippen LogP contribution in [0, 0.1) is 0 Å². The molecule has 0 saturated heterocycles. The molecule has 1 aromatic carbocycles. The van der Waals surface area contributed by atoms with Crippen LogP contribution in [0.25, 0.3) is 0 Å². The number of aromatic nitrogens is 1. The van der Waals surface area contributed by atoms with Gasteiger partial charge in [0.25, 0.3) is 5.91 Å². The molecule has 0 atom stereocenters. The fourth-order valence-corrected chi connectivity index (χ4v) is 3.65. The molecule has 0 bridgehead atoms. The molecule has 2 rings (SSSR count). The van der Waals surface area contributed by atoms with E-state index in [-0.39, 0.29) is 11.9 Å². The number of benzene rings is 1. The lowest BCUT2D eigenvalue weighted by Crippen LogP contribution is -2.35. The van der Waals surface area contributed by atoms with E-state index in [0.717, 1.165) is 40.9 Å². The monoisotopic (exact) mass is 466 g/mol. The standard InChI is InChI=1S/C20H27BrN4O2S/c1-3-5-11-22-19(26)17-14-28-18(23-17)13-25(12-6-4-2)20(27)24-16-10-8-7-9-15(16)21/h7-10,14H,3-6,11-13H2,1-2H3,(H,22,26)(H,24,27). The largest absolute Gasteiger partial charge is 0.351 e. The van der Waals surface area contributed by atoms with Gasteiger partial charge in [0.05, 0.1) is 12.2 Å². The summed E-state index contributed by atoms with van der Waals surface area (Å²) in [6.07, 6.45) is 3.87. The smallest absolute Gasteiger partial charge is 0.322 e. The van der Waals surface area contributed by atoms with Crippen LogP contribution in [-0.4, -0.2) is 34.9 Å². The van der Waals surface area contributed by atoms with Gasteiger partial charge in [0, 0.05) is 22.9 Å². The van der Waals surface area contributed by atoms with Crippen LogP contribution < -0.4 is 10.6 Å². The third-order valence-electron chi connectivity index (χ3n) is 4.11. The van der Waals surface area contributed by atoms with Gasteiger partial charge in [0.15, 0.2) is 0 Å². The van der Waals surface area contributed by atoms with E-state index in [1.807, 2.05) is 24.3 Å². The molecule has 0 unspecified atom stereocenters. The topological polar surface area (TPSA) is 74.3 Å². The highest BCUT2D eigenvalue weighted by Gasteiger charge is 2.18. The van der Waals surface area contributed by atoms with Crippen LogP contribution in [0.2, 0.25) is 0 Å². The summed E-state index contributed by atoms with van der Waals surface area (Å²) in [5.74, 6) is -0.159. The Kier molecular flexibility index (Phi) is 9.43. The van der Waals surface area contributed by atoms with E-state index in [1.54, 1.807) is 10.3 Å². The van der Waals surface area contributed by atoms with Crippen LogP contribution >= 0.6 is 27.3 Å². The molecule has 152 valence electrons. The molecule has 1 aromatic heterocycles. The minimum absolute atomic E-state index is 0.159. The summed E-state index contributed by atoms with van der Waals surface area (Å²) in [5.41, 5.74) is 1.14. The van der Waals surface area contributed by atoms with Crippen molar-refractivity contribution in [3.05, 3.63) is 44.8 Å². The summed E-state index contributed by atoms with van der Waals surface area (Å²) in [4.78, 5) is 31.1. The van der Waals surface area contributed by atoms with Crippen LogP contribution in [0.15, 0.2) is 34.1 Å². The molecule has 0 aliphatic heterocycles. The second-order valence-electron chi connectivity index (χ2n) is 6.42. The van der Waals surface area contributed by atoms with Crippen LogP contribution in [0.1, 0.15) is 55.0 Å². The Bertz CT molecular complexity index is 781. The molecular formula is C20H27BrN4O2S. The third-order valence-corrected chi connectivity index (χ3v) is 5.64. The van der Waals surface area contributed by atoms with Gasteiger partial charge in [-0.05, 0) is 40.9 Å². The van der Waals surface area contributed by atoms with E-state index >= 15 is 0 Å². The molecule has 8 heteroatoms. The third kappa shape index (κ3) is 6.91. The minimum atomic E-state index is -0.176. The maximum absolute atomic E-state index is 12.8. The summed E-state index contributed by atoms with van der Waals surface area (Å²) in [6.45, 7) is 5.83. The predicted octanol–water partition coefficient (Wildman–Crippen LogP) is 5.27. The number of nitrogens with zero attached hydrogens (tertiary/aromatic N) is 2. The molecule has 2 aromatic rings. The molecular weight excluding hydrogens is 440 g/mol. The first kappa shape index (κ1) is 22.4. The first-order chi connectivity index (χ1) is 13.5. The molecule has 0 saturated carbocycles. The number of hydrogen-bond donors (Lipinski definition) is 2. The molecule has 28 heavy (non-hydrogen) atoms. The van der Waals surface area contributed by atoms with Gasteiger partial charge in [-0.15, -0.1) is 11.3 Å². The van der Waals surface area contributed by atoms with E-state index in [0.29, 0.717) is 25.3 Å². The number of amides is 3. The van der Waals surface area contributed by atoms with Gasteiger partial charge in [0.1, 0.15) is 10.7 Å². The van der Waals surface area contributed by atoms with E-state index in [1.165, 1.54) is 11.3 Å². The molecule has 0 aliphatic rings. The highest BCUT2D eigenvalue weighted by Crippen LogP contribution is 2.22. The molecule has 0 radical (unpaired) electrons. The van der Waals surface area contributed by atoms with Gasteiger partial charge in [-0.1, -0.05) is 38.8 Å². The van der Waals surface area contributed by atoms with Crippen molar-refractivity contribution in [3.63, 3.8) is 0 Å². The van der Waals surface area contributed by atoms with Gasteiger partial charge in [-0.3, -0.25) is 4.79 Å². The zero-order valence-electron chi connectivity index (χ0n) is 16.3. The number of carbonyl (C=O) groups is 2. The number of thiazole rings is 1. The average molecular weight is 467 g/mol. The van der Waals surface area contributed by atoms with Gasteiger partial charge in [-0.25, -0.2) is 9.78 Å². The van der Waals surface area contributed by atoms with Crippen LogP contribution in [0.4, 0.5) is 10.5 Å². The van der Waals surface area contributed by atoms with Gasteiger partial charge in [-0.2, -0.15) is 0 Å². The lowest BCUT2D eigenvalue weighted by molar-refractivity contribution is 0.0948. The van der Waals surface area contributed by atoms with Crippen molar-refractivity contribution in [2.24, 2.45) is 0 Å². The minimum Gasteiger partial charge on any atom is -0.351 e. The summed E-state index contributed by atoms with van der Waals surface area (Å²) in [6, 6.07) is 7.33. The van der Waals surface area contributed by atoms with Crippen molar-refractivity contribution in [2.45, 2.75) is 46.1 Å². The fourth-order valence-electron chi connectivity index (χ4n) is 2.48. The summed E-state index contributed by atoms with van der Waals surface area (Å²) in [7, 11) is 0. The number of unbranched alkanes of at least 4 members (excludes halogenated alkanes) is 2. The number of halogens is 1. The number of urea groups is 1. The maximum Gasteiger partial charge on any atom is 0.322 e. The second-order valence-corrected chi connectivity index (χ2v) is 8.22. The first-order valence-electron chi connectivity index (χ1n) is 9.58. The Balaban J connectivity index is 2.02. The number of rotatable bonds is 10. The van der Waals surface area contributed by atoms with E-state index in [4.69, 9.17) is 0 Å². The number of para-hydroxylation sites is 1. The van der Waals surface area contributed by atoms with Crippen LogP contribution in [-0.2, 0) is 6.54 Å². The lowest BCUT2D eigenvalue weighted by atomic mass is 10.3. The van der Waals surface area contributed by atoms with Crippen LogP contribution in [0.3, 0.4) is 0 Å². The van der Waals surface area contributed by atoms with Crippen molar-refractivity contribution >= 4 is 44.9 Å². The Hall–Kier alpha value is -1.93. The zero-order chi connectivity index (χ0) is 20.4. The SMILES string of the molecule is CCCCNC(=O)c1csc(CN(CCCC)C(=O)Nc2ccccc2Br)n1. The van der Waals surface area contributed by atoms with Gasteiger partial charge < -0.3 is 15.5 Å². The number of anilines is 1. The normalized spacial score (nSPS) is 10.5. The van der Waals surface area contributed by atoms with Crippen LogP contribution in [0.5, 0.6) is 0 Å². The molecule has 6 nitrogen and oxygen atoms in total. The maximum atomic E-state index is 12.8. The van der Waals surface area contributed by atoms with E-state index in [9.17, 15) is 9.59 Å². The van der Waals surface area contributed by atoms with Gasteiger partial charge in [0.2, 0.25) is 0 Å². The number of nitrogens with one attached hydrogen (secondary N) is 2. The molecule has 1 heterocycles. The summed E-state index contributed by atoms with van der Waals surface area (Å²) in [5, 5.41) is 8.31. The highest BCUT2D eigenvalue weighted by atomic mass is 79.9. The highest BCUT2D eigenvalue weighted by molar-refractivity contribution is 9.10. The van der Waals surface area contributed by atoms with Crippen molar-refractivity contribution < 1.29 is 9.59 Å². The Morgan fingerprint density at radius 3 is 2.64 bits per heavy atom. The molecule has 2 N–H and O–H groups in total. The first-order valence-corrected chi connectivity index (χ1v) is 11.3. The number of hydrogen-bond acceptors (Lipinski definition) is 4. The Labute approximate surface area is 178 Å². The predicted molar refractivity (Wildman–Crippen MR) is 118 cm³/mol. The van der Waals surface area contributed by atoms with E-state index < -0.39 is 0 Å². The molecule has 0 aliphatic carbocycles.